The van der Waals surface area contributed by atoms with Gasteiger partial charge in [0.1, 0.15) is 11.4 Å². The molecule has 17 heavy (non-hydrogen) atoms. The lowest BCUT2D eigenvalue weighted by Gasteiger charge is -2.08. The highest BCUT2D eigenvalue weighted by Crippen LogP contribution is 2.24. The van der Waals surface area contributed by atoms with Crippen LogP contribution < -0.4 is 5.32 Å². The van der Waals surface area contributed by atoms with Crippen molar-refractivity contribution in [2.45, 2.75) is 6.92 Å². The minimum Gasteiger partial charge on any atom is -0.508 e. The average molecular weight is 251 g/mol. The van der Waals surface area contributed by atoms with E-state index in [0.717, 1.165) is 0 Å². The first-order chi connectivity index (χ1) is 8.08. The fourth-order valence-corrected chi connectivity index (χ4v) is 1.61. The van der Waals surface area contributed by atoms with E-state index in [9.17, 15) is 9.90 Å². The number of benzene rings is 1. The third-order valence-electron chi connectivity index (χ3n) is 2.45. The fourth-order valence-electron chi connectivity index (χ4n) is 1.45. The van der Waals surface area contributed by atoms with E-state index in [1.54, 1.807) is 25.1 Å². The van der Waals surface area contributed by atoms with Crippen LogP contribution in [0.25, 0.3) is 0 Å². The van der Waals surface area contributed by atoms with Crippen LogP contribution in [0.5, 0.6) is 5.75 Å². The number of aromatic nitrogens is 1. The Morgan fingerprint density at radius 1 is 1.47 bits per heavy atom. The maximum atomic E-state index is 11.8. The number of H-pyrrole nitrogens is 1. The highest BCUT2D eigenvalue weighted by atomic mass is 35.5. The summed E-state index contributed by atoms with van der Waals surface area (Å²) in [7, 11) is 0. The van der Waals surface area contributed by atoms with Crippen LogP contribution >= 0.6 is 11.6 Å². The predicted molar refractivity (Wildman–Crippen MR) is 66.6 cm³/mol. The molecular weight excluding hydrogens is 240 g/mol. The molecule has 0 saturated heterocycles. The van der Waals surface area contributed by atoms with Gasteiger partial charge in [-0.25, -0.2) is 0 Å². The summed E-state index contributed by atoms with van der Waals surface area (Å²) in [6.45, 7) is 1.73. The zero-order valence-corrected chi connectivity index (χ0v) is 9.88. The van der Waals surface area contributed by atoms with Gasteiger partial charge in [-0.2, -0.15) is 0 Å². The lowest BCUT2D eigenvalue weighted by Crippen LogP contribution is -2.12. The predicted octanol–water partition coefficient (Wildman–Crippen LogP) is 2.93. The summed E-state index contributed by atoms with van der Waals surface area (Å²) >= 11 is 5.71. The number of aromatic amines is 1. The normalized spacial score (nSPS) is 10.2. The summed E-state index contributed by atoms with van der Waals surface area (Å²) in [6.07, 6.45) is 1.53. The van der Waals surface area contributed by atoms with E-state index in [2.05, 4.69) is 10.3 Å². The molecule has 0 radical (unpaired) electrons. The zero-order chi connectivity index (χ0) is 12.4. The first-order valence-corrected chi connectivity index (χ1v) is 5.39. The number of carbonyl (C=O) groups is 1. The third kappa shape index (κ3) is 2.42. The zero-order valence-electron chi connectivity index (χ0n) is 9.12. The standard InChI is InChI=1S/C12H11ClN2O2/c1-7-9(3-2-4-11(7)16)15-12(17)10-5-8(13)6-14-10/h2-6,14,16H,1H3,(H,15,17). The molecule has 1 aromatic heterocycles. The molecule has 3 N–H and O–H groups in total. The number of aromatic hydroxyl groups is 1. The maximum Gasteiger partial charge on any atom is 0.272 e. The summed E-state index contributed by atoms with van der Waals surface area (Å²) in [5.41, 5.74) is 1.57. The molecule has 1 aromatic carbocycles. The van der Waals surface area contributed by atoms with Crippen molar-refractivity contribution in [1.82, 2.24) is 4.98 Å². The van der Waals surface area contributed by atoms with Gasteiger partial charge in [0.2, 0.25) is 0 Å². The number of amides is 1. The van der Waals surface area contributed by atoms with Gasteiger partial charge in [0.05, 0.1) is 5.02 Å². The van der Waals surface area contributed by atoms with Crippen LogP contribution in [0.1, 0.15) is 16.1 Å². The fraction of sp³-hybridized carbons (Fsp3) is 0.0833. The van der Waals surface area contributed by atoms with Crippen molar-refractivity contribution in [3.8, 4) is 5.75 Å². The molecule has 5 heteroatoms. The van der Waals surface area contributed by atoms with Crippen LogP contribution in [0.15, 0.2) is 30.5 Å². The minimum atomic E-state index is -0.300. The first kappa shape index (κ1) is 11.5. The van der Waals surface area contributed by atoms with E-state index in [-0.39, 0.29) is 11.7 Å². The quantitative estimate of drug-likeness (QED) is 0.767. The van der Waals surface area contributed by atoms with Crippen molar-refractivity contribution in [3.05, 3.63) is 46.7 Å². The number of nitrogens with one attached hydrogen (secondary N) is 2. The Hall–Kier alpha value is -1.94. The summed E-state index contributed by atoms with van der Waals surface area (Å²) in [5, 5.41) is 12.7. The lowest BCUT2D eigenvalue weighted by atomic mass is 10.2. The second-order valence-electron chi connectivity index (χ2n) is 3.64. The molecule has 88 valence electrons. The number of rotatable bonds is 2. The number of halogens is 1. The van der Waals surface area contributed by atoms with Gasteiger partial charge in [0.15, 0.2) is 0 Å². The topological polar surface area (TPSA) is 65.1 Å². The van der Waals surface area contributed by atoms with Gasteiger partial charge in [-0.1, -0.05) is 17.7 Å². The smallest absolute Gasteiger partial charge is 0.272 e. The molecule has 0 atom stereocenters. The molecule has 1 heterocycles. The van der Waals surface area contributed by atoms with Gasteiger partial charge in [0, 0.05) is 17.4 Å². The van der Waals surface area contributed by atoms with Crippen molar-refractivity contribution < 1.29 is 9.90 Å². The number of anilines is 1. The van der Waals surface area contributed by atoms with Crippen molar-refractivity contribution in [2.24, 2.45) is 0 Å². The summed E-state index contributed by atoms with van der Waals surface area (Å²) in [4.78, 5) is 14.6. The van der Waals surface area contributed by atoms with Gasteiger partial charge in [-0.15, -0.1) is 0 Å². The van der Waals surface area contributed by atoms with E-state index in [0.29, 0.717) is 22.0 Å². The van der Waals surface area contributed by atoms with Crippen molar-refractivity contribution in [3.63, 3.8) is 0 Å². The van der Waals surface area contributed by atoms with Crippen LogP contribution in [0.2, 0.25) is 5.02 Å². The van der Waals surface area contributed by atoms with Gasteiger partial charge >= 0.3 is 0 Å². The van der Waals surface area contributed by atoms with E-state index in [4.69, 9.17) is 11.6 Å². The molecular formula is C12H11ClN2O2. The highest BCUT2D eigenvalue weighted by molar-refractivity contribution is 6.31. The number of carbonyl (C=O) groups excluding carboxylic acids is 1. The Bertz CT molecular complexity index is 563. The van der Waals surface area contributed by atoms with Crippen molar-refractivity contribution in [2.75, 3.05) is 5.32 Å². The van der Waals surface area contributed by atoms with Gasteiger partial charge < -0.3 is 15.4 Å². The molecule has 0 spiro atoms. The Balaban J connectivity index is 2.21. The van der Waals surface area contributed by atoms with Gasteiger partial charge in [0.25, 0.3) is 5.91 Å². The number of hydrogen-bond donors (Lipinski definition) is 3. The van der Waals surface area contributed by atoms with Crippen LogP contribution in [-0.4, -0.2) is 16.0 Å². The van der Waals surface area contributed by atoms with Crippen molar-refractivity contribution >= 4 is 23.2 Å². The van der Waals surface area contributed by atoms with Crippen LogP contribution in [0.4, 0.5) is 5.69 Å². The second kappa shape index (κ2) is 4.51. The van der Waals surface area contributed by atoms with Gasteiger partial charge in [-0.3, -0.25) is 4.79 Å². The van der Waals surface area contributed by atoms with Gasteiger partial charge in [-0.05, 0) is 25.1 Å². The summed E-state index contributed by atoms with van der Waals surface area (Å²) in [6, 6.07) is 6.49. The molecule has 0 unspecified atom stereocenters. The summed E-state index contributed by atoms with van der Waals surface area (Å²) < 4.78 is 0. The maximum absolute atomic E-state index is 11.8. The summed E-state index contributed by atoms with van der Waals surface area (Å²) in [5.74, 6) is -0.155. The number of hydrogen-bond acceptors (Lipinski definition) is 2. The minimum absolute atomic E-state index is 0.146. The molecule has 2 aromatic rings. The van der Waals surface area contributed by atoms with Crippen LogP contribution in [-0.2, 0) is 0 Å². The molecule has 0 aliphatic rings. The molecule has 0 aliphatic heterocycles. The highest BCUT2D eigenvalue weighted by Gasteiger charge is 2.10. The molecule has 1 amide bonds. The Morgan fingerprint density at radius 2 is 2.24 bits per heavy atom. The van der Waals surface area contributed by atoms with Crippen LogP contribution in [0.3, 0.4) is 0 Å². The van der Waals surface area contributed by atoms with E-state index in [1.807, 2.05) is 0 Å². The lowest BCUT2D eigenvalue weighted by molar-refractivity contribution is 0.102. The third-order valence-corrected chi connectivity index (χ3v) is 2.66. The SMILES string of the molecule is Cc1c(O)cccc1NC(=O)c1cc(Cl)c[nH]1. The first-order valence-electron chi connectivity index (χ1n) is 5.02. The Labute approximate surface area is 103 Å². The molecule has 0 aliphatic carbocycles. The molecule has 0 saturated carbocycles. The number of phenols is 1. The van der Waals surface area contributed by atoms with Crippen molar-refractivity contribution in [1.29, 1.82) is 0 Å². The van der Waals surface area contributed by atoms with E-state index >= 15 is 0 Å². The van der Waals surface area contributed by atoms with E-state index < -0.39 is 0 Å². The van der Waals surface area contributed by atoms with Crippen LogP contribution in [0, 0.1) is 6.92 Å². The van der Waals surface area contributed by atoms with E-state index in [1.165, 1.54) is 12.3 Å². The Morgan fingerprint density at radius 3 is 2.88 bits per heavy atom. The molecule has 2 rings (SSSR count). The number of phenolic OH excluding ortho intramolecular Hbond substituents is 1. The molecule has 0 bridgehead atoms. The average Bonchev–Trinajstić information content (AvgIpc) is 2.72. The molecule has 4 nitrogen and oxygen atoms in total. The Kier molecular flexibility index (Phi) is 3.06. The monoisotopic (exact) mass is 250 g/mol. The molecule has 0 fully saturated rings. The largest absolute Gasteiger partial charge is 0.508 e. The second-order valence-corrected chi connectivity index (χ2v) is 4.07.